The Bertz CT molecular complexity index is 777. The first-order valence-electron chi connectivity index (χ1n) is 5.99. The molecule has 3 aromatic rings. The van der Waals surface area contributed by atoms with Gasteiger partial charge in [-0.1, -0.05) is 15.9 Å². The second-order valence-electron chi connectivity index (χ2n) is 4.52. The van der Waals surface area contributed by atoms with Gasteiger partial charge in [-0.3, -0.25) is 0 Å². The number of anilines is 2. The summed E-state index contributed by atoms with van der Waals surface area (Å²) < 4.78 is 1.07. The number of nitrogens with one attached hydrogen (secondary N) is 1. The van der Waals surface area contributed by atoms with Gasteiger partial charge in [-0.2, -0.15) is 4.98 Å². The van der Waals surface area contributed by atoms with E-state index in [1.54, 1.807) is 11.3 Å². The zero-order valence-electron chi connectivity index (χ0n) is 10.9. The lowest BCUT2D eigenvalue weighted by Gasteiger charge is -2.13. The predicted molar refractivity (Wildman–Crippen MR) is 89.3 cm³/mol. The molecule has 2 aromatic heterocycles. The highest BCUT2D eigenvalue weighted by atomic mass is 79.9. The van der Waals surface area contributed by atoms with Gasteiger partial charge in [-0.15, -0.1) is 11.3 Å². The summed E-state index contributed by atoms with van der Waals surface area (Å²) in [6, 6.07) is 6.15. The first kappa shape index (κ1) is 13.8. The monoisotopic (exact) mass is 367 g/mol. The van der Waals surface area contributed by atoms with Crippen molar-refractivity contribution in [2.45, 2.75) is 13.8 Å². The molecule has 102 valence electrons. The SMILES string of the molecule is Cc1cc(Br)cc(C)c1Nc1nc(Cl)nc2sccc12. The molecule has 1 aromatic carbocycles. The van der Waals surface area contributed by atoms with Crippen LogP contribution in [-0.2, 0) is 0 Å². The van der Waals surface area contributed by atoms with Gasteiger partial charge in [0.05, 0.1) is 5.39 Å². The summed E-state index contributed by atoms with van der Waals surface area (Å²) in [5.41, 5.74) is 3.35. The number of aromatic nitrogens is 2. The lowest BCUT2D eigenvalue weighted by atomic mass is 10.1. The number of benzene rings is 1. The number of halogens is 2. The highest BCUT2D eigenvalue weighted by Gasteiger charge is 2.11. The third-order valence-corrected chi connectivity index (χ3v) is 4.47. The molecule has 0 unspecified atom stereocenters. The van der Waals surface area contributed by atoms with E-state index in [-0.39, 0.29) is 5.28 Å². The van der Waals surface area contributed by atoms with Crippen LogP contribution in [-0.4, -0.2) is 9.97 Å². The molecule has 3 rings (SSSR count). The Morgan fingerprint density at radius 1 is 1.20 bits per heavy atom. The van der Waals surface area contributed by atoms with E-state index in [1.165, 1.54) is 0 Å². The van der Waals surface area contributed by atoms with Gasteiger partial charge in [-0.05, 0) is 60.2 Å². The molecule has 0 bridgehead atoms. The first-order valence-corrected chi connectivity index (χ1v) is 8.04. The topological polar surface area (TPSA) is 37.8 Å². The van der Waals surface area contributed by atoms with Crippen molar-refractivity contribution in [1.29, 1.82) is 0 Å². The highest BCUT2D eigenvalue weighted by molar-refractivity contribution is 9.10. The summed E-state index contributed by atoms with van der Waals surface area (Å²) >= 11 is 11.0. The molecule has 20 heavy (non-hydrogen) atoms. The molecule has 0 saturated heterocycles. The molecular formula is C14H11BrClN3S. The third kappa shape index (κ3) is 2.53. The van der Waals surface area contributed by atoms with E-state index < -0.39 is 0 Å². The predicted octanol–water partition coefficient (Wildman–Crippen LogP) is 5.47. The van der Waals surface area contributed by atoms with Gasteiger partial charge in [0.15, 0.2) is 0 Å². The molecule has 6 heteroatoms. The van der Waals surface area contributed by atoms with Crippen molar-refractivity contribution >= 4 is 60.6 Å². The van der Waals surface area contributed by atoms with Crippen molar-refractivity contribution in [3.63, 3.8) is 0 Å². The number of hydrogen-bond donors (Lipinski definition) is 1. The molecule has 0 aliphatic carbocycles. The van der Waals surface area contributed by atoms with Crippen LogP contribution in [0.3, 0.4) is 0 Å². The summed E-state index contributed by atoms with van der Waals surface area (Å²) in [4.78, 5) is 9.42. The normalized spacial score (nSPS) is 11.0. The minimum absolute atomic E-state index is 0.259. The smallest absolute Gasteiger partial charge is 0.225 e. The summed E-state index contributed by atoms with van der Waals surface area (Å²) in [5, 5.41) is 6.62. The van der Waals surface area contributed by atoms with Crippen molar-refractivity contribution in [2.75, 3.05) is 5.32 Å². The number of rotatable bonds is 2. The Morgan fingerprint density at radius 3 is 2.60 bits per heavy atom. The van der Waals surface area contributed by atoms with Crippen LogP contribution in [0.25, 0.3) is 10.2 Å². The van der Waals surface area contributed by atoms with Crippen molar-refractivity contribution in [3.05, 3.63) is 44.5 Å². The zero-order valence-corrected chi connectivity index (χ0v) is 14.0. The summed E-state index contributed by atoms with van der Waals surface area (Å²) in [5.74, 6) is 0.745. The Balaban J connectivity index is 2.12. The quantitative estimate of drug-likeness (QED) is 0.610. The van der Waals surface area contributed by atoms with E-state index in [2.05, 4.69) is 57.2 Å². The van der Waals surface area contributed by atoms with Crippen LogP contribution in [0.2, 0.25) is 5.28 Å². The van der Waals surface area contributed by atoms with Gasteiger partial charge >= 0.3 is 0 Å². The van der Waals surface area contributed by atoms with Crippen LogP contribution in [0, 0.1) is 13.8 Å². The maximum Gasteiger partial charge on any atom is 0.225 e. The number of nitrogens with zero attached hydrogens (tertiary/aromatic N) is 2. The maximum absolute atomic E-state index is 5.99. The number of aryl methyl sites for hydroxylation is 2. The largest absolute Gasteiger partial charge is 0.339 e. The molecule has 0 radical (unpaired) electrons. The van der Waals surface area contributed by atoms with Crippen molar-refractivity contribution in [2.24, 2.45) is 0 Å². The fourth-order valence-electron chi connectivity index (χ4n) is 2.15. The standard InChI is InChI=1S/C14H11BrClN3S/c1-7-5-9(15)6-8(2)11(7)17-12-10-3-4-20-13(10)19-14(16)18-12/h3-6H,1-2H3,(H,17,18,19). The minimum Gasteiger partial charge on any atom is -0.339 e. The second-order valence-corrected chi connectivity index (χ2v) is 6.67. The van der Waals surface area contributed by atoms with Crippen LogP contribution in [0.5, 0.6) is 0 Å². The van der Waals surface area contributed by atoms with Crippen molar-refractivity contribution in [1.82, 2.24) is 9.97 Å². The van der Waals surface area contributed by atoms with E-state index in [4.69, 9.17) is 11.6 Å². The third-order valence-electron chi connectivity index (χ3n) is 3.04. The Hall–Kier alpha value is -1.17. The van der Waals surface area contributed by atoms with E-state index >= 15 is 0 Å². The maximum atomic E-state index is 5.99. The van der Waals surface area contributed by atoms with Crippen LogP contribution < -0.4 is 5.32 Å². The zero-order chi connectivity index (χ0) is 14.3. The number of hydrogen-bond acceptors (Lipinski definition) is 4. The fraction of sp³-hybridized carbons (Fsp3) is 0.143. The molecular weight excluding hydrogens is 358 g/mol. The summed E-state index contributed by atoms with van der Waals surface area (Å²) in [7, 11) is 0. The molecule has 0 spiro atoms. The van der Waals surface area contributed by atoms with Crippen molar-refractivity contribution < 1.29 is 0 Å². The average molecular weight is 369 g/mol. The molecule has 1 N–H and O–H groups in total. The van der Waals surface area contributed by atoms with Gasteiger partial charge in [0, 0.05) is 10.2 Å². The minimum atomic E-state index is 0.259. The molecule has 0 atom stereocenters. The lowest BCUT2D eigenvalue weighted by Crippen LogP contribution is -2.00. The fourth-order valence-corrected chi connectivity index (χ4v) is 3.82. The first-order chi connectivity index (χ1) is 9.54. The van der Waals surface area contributed by atoms with Gasteiger partial charge in [0.2, 0.25) is 5.28 Å². The van der Waals surface area contributed by atoms with Crippen LogP contribution in [0.4, 0.5) is 11.5 Å². The number of fused-ring (bicyclic) bond motifs is 1. The molecule has 0 aliphatic rings. The molecule has 0 aliphatic heterocycles. The van der Waals surface area contributed by atoms with E-state index in [1.807, 2.05) is 11.4 Å². The summed E-state index contributed by atoms with van der Waals surface area (Å²) in [6.07, 6.45) is 0. The van der Waals surface area contributed by atoms with Crippen LogP contribution in [0.15, 0.2) is 28.1 Å². The van der Waals surface area contributed by atoms with E-state index in [9.17, 15) is 0 Å². The van der Waals surface area contributed by atoms with E-state index in [0.717, 1.165) is 37.3 Å². The Labute approximate surface area is 134 Å². The van der Waals surface area contributed by atoms with Crippen LogP contribution in [0.1, 0.15) is 11.1 Å². The molecule has 0 amide bonds. The average Bonchev–Trinajstić information content (AvgIpc) is 2.81. The van der Waals surface area contributed by atoms with Gasteiger partial charge < -0.3 is 5.32 Å². The van der Waals surface area contributed by atoms with Gasteiger partial charge in [-0.25, -0.2) is 4.98 Å². The lowest BCUT2D eigenvalue weighted by molar-refractivity contribution is 1.22. The van der Waals surface area contributed by atoms with Crippen molar-refractivity contribution in [3.8, 4) is 0 Å². The van der Waals surface area contributed by atoms with Crippen LogP contribution >= 0.6 is 38.9 Å². The summed E-state index contributed by atoms with van der Waals surface area (Å²) in [6.45, 7) is 4.13. The molecule has 2 heterocycles. The Morgan fingerprint density at radius 2 is 1.90 bits per heavy atom. The highest BCUT2D eigenvalue weighted by Crippen LogP contribution is 2.32. The van der Waals surface area contributed by atoms with Gasteiger partial charge in [0.1, 0.15) is 10.6 Å². The second kappa shape index (κ2) is 5.31. The molecule has 0 fully saturated rings. The Kier molecular flexibility index (Phi) is 3.67. The number of thiophene rings is 1. The van der Waals surface area contributed by atoms with E-state index in [0.29, 0.717) is 0 Å². The molecule has 0 saturated carbocycles. The van der Waals surface area contributed by atoms with Gasteiger partial charge in [0.25, 0.3) is 0 Å². The molecule has 3 nitrogen and oxygen atoms in total.